The second kappa shape index (κ2) is 4.09. The first-order valence-corrected chi connectivity index (χ1v) is 3.89. The topological polar surface area (TPSA) is 66.5 Å². The van der Waals surface area contributed by atoms with Gasteiger partial charge in [-0.1, -0.05) is 12.1 Å². The molecule has 0 aliphatic rings. The van der Waals surface area contributed by atoms with Gasteiger partial charge in [0.05, 0.1) is 0 Å². The van der Waals surface area contributed by atoms with Crippen molar-refractivity contribution in [1.82, 2.24) is 0 Å². The van der Waals surface area contributed by atoms with E-state index in [1.165, 1.54) is 0 Å². The van der Waals surface area contributed by atoms with E-state index in [4.69, 9.17) is 15.9 Å². The minimum atomic E-state index is -1.23. The van der Waals surface area contributed by atoms with Crippen molar-refractivity contribution in [3.05, 3.63) is 29.8 Å². The van der Waals surface area contributed by atoms with Crippen molar-refractivity contribution >= 4 is 5.69 Å². The number of rotatable bonds is 3. The molecule has 0 unspecified atom stereocenters. The first-order chi connectivity index (χ1) is 5.68. The maximum Gasteiger partial charge on any atom is 0.151 e. The number of nitrogens with two attached hydrogens (primary N) is 1. The van der Waals surface area contributed by atoms with Crippen LogP contribution < -0.4 is 5.73 Å². The zero-order valence-corrected chi connectivity index (χ0v) is 6.77. The Morgan fingerprint density at radius 2 is 2.08 bits per heavy atom. The predicted molar refractivity (Wildman–Crippen MR) is 47.4 cm³/mol. The van der Waals surface area contributed by atoms with Gasteiger partial charge in [0.15, 0.2) is 6.29 Å². The van der Waals surface area contributed by atoms with Crippen molar-refractivity contribution < 1.29 is 10.2 Å². The number of anilines is 1. The third kappa shape index (κ3) is 2.90. The molecule has 1 rings (SSSR count). The van der Waals surface area contributed by atoms with Crippen LogP contribution in [0, 0.1) is 0 Å². The zero-order chi connectivity index (χ0) is 8.97. The van der Waals surface area contributed by atoms with Gasteiger partial charge in [-0.2, -0.15) is 0 Å². The average molecular weight is 167 g/mol. The molecule has 0 bridgehead atoms. The monoisotopic (exact) mass is 167 g/mol. The molecule has 1 aromatic carbocycles. The van der Waals surface area contributed by atoms with Crippen LogP contribution >= 0.6 is 0 Å². The molecule has 4 N–H and O–H groups in total. The van der Waals surface area contributed by atoms with Gasteiger partial charge < -0.3 is 15.9 Å². The van der Waals surface area contributed by atoms with E-state index in [1.54, 1.807) is 6.07 Å². The molecule has 0 saturated heterocycles. The molecule has 1 aromatic rings. The summed E-state index contributed by atoms with van der Waals surface area (Å²) in [5, 5.41) is 17.2. The molecule has 0 heterocycles. The van der Waals surface area contributed by atoms with Gasteiger partial charge in [-0.15, -0.1) is 0 Å². The highest BCUT2D eigenvalue weighted by Gasteiger charge is 1.98. The highest BCUT2D eigenvalue weighted by atomic mass is 16.5. The van der Waals surface area contributed by atoms with Crippen LogP contribution in [0.5, 0.6) is 0 Å². The number of aliphatic hydroxyl groups is 2. The Hall–Kier alpha value is -1.06. The van der Waals surface area contributed by atoms with E-state index in [0.29, 0.717) is 18.5 Å². The van der Waals surface area contributed by atoms with E-state index in [9.17, 15) is 0 Å². The Labute approximate surface area is 71.5 Å². The summed E-state index contributed by atoms with van der Waals surface area (Å²) < 4.78 is 0. The standard InChI is InChI=1S/C9H13NO2/c10-8-3-1-2-7(6-8)4-5-9(11)12/h1-3,6,9,11-12H,4-5,10H2. The highest BCUT2D eigenvalue weighted by molar-refractivity contribution is 5.40. The lowest BCUT2D eigenvalue weighted by Gasteiger charge is -2.03. The van der Waals surface area contributed by atoms with Crippen LogP contribution in [0.3, 0.4) is 0 Å². The number of hydrogen-bond donors (Lipinski definition) is 3. The molecule has 3 nitrogen and oxygen atoms in total. The Morgan fingerprint density at radius 3 is 2.67 bits per heavy atom. The molecular weight excluding hydrogens is 154 g/mol. The summed E-state index contributed by atoms with van der Waals surface area (Å²) in [6.07, 6.45) is -0.238. The van der Waals surface area contributed by atoms with Crippen LogP contribution in [0.15, 0.2) is 24.3 Å². The second-order valence-corrected chi connectivity index (χ2v) is 2.76. The molecule has 0 fully saturated rings. The van der Waals surface area contributed by atoms with E-state index in [0.717, 1.165) is 5.56 Å². The summed E-state index contributed by atoms with van der Waals surface area (Å²) >= 11 is 0. The number of hydrogen-bond acceptors (Lipinski definition) is 3. The van der Waals surface area contributed by atoms with Crippen molar-refractivity contribution in [1.29, 1.82) is 0 Å². The fraction of sp³-hybridized carbons (Fsp3) is 0.333. The number of aliphatic hydroxyl groups excluding tert-OH is 1. The van der Waals surface area contributed by atoms with Crippen LogP contribution in [0.1, 0.15) is 12.0 Å². The van der Waals surface area contributed by atoms with Gasteiger partial charge in [0.25, 0.3) is 0 Å². The summed E-state index contributed by atoms with van der Waals surface area (Å²) in [5.41, 5.74) is 7.28. The fourth-order valence-electron chi connectivity index (χ4n) is 1.04. The SMILES string of the molecule is Nc1cccc(CCC(O)O)c1. The minimum Gasteiger partial charge on any atom is -0.399 e. The fourth-order valence-corrected chi connectivity index (χ4v) is 1.04. The van der Waals surface area contributed by atoms with Gasteiger partial charge in [-0.25, -0.2) is 0 Å². The molecule has 3 heteroatoms. The largest absolute Gasteiger partial charge is 0.399 e. The lowest BCUT2D eigenvalue weighted by atomic mass is 10.1. The van der Waals surface area contributed by atoms with Crippen LogP contribution in [0.2, 0.25) is 0 Å². The maximum absolute atomic E-state index is 8.61. The molecule has 12 heavy (non-hydrogen) atoms. The Balaban J connectivity index is 2.52. The van der Waals surface area contributed by atoms with E-state index in [-0.39, 0.29) is 0 Å². The minimum absolute atomic E-state index is 0.351. The third-order valence-electron chi connectivity index (χ3n) is 1.64. The van der Waals surface area contributed by atoms with E-state index in [1.807, 2.05) is 18.2 Å². The van der Waals surface area contributed by atoms with Crippen LogP contribution in [0.25, 0.3) is 0 Å². The van der Waals surface area contributed by atoms with Gasteiger partial charge in [-0.3, -0.25) is 0 Å². The Bertz CT molecular complexity index is 248. The molecule has 0 aliphatic carbocycles. The van der Waals surface area contributed by atoms with E-state index in [2.05, 4.69) is 0 Å². The van der Waals surface area contributed by atoms with Gasteiger partial charge >= 0.3 is 0 Å². The predicted octanol–water partition coefficient (Wildman–Crippen LogP) is 0.512. The molecule has 0 radical (unpaired) electrons. The lowest BCUT2D eigenvalue weighted by Crippen LogP contribution is -2.05. The lowest BCUT2D eigenvalue weighted by molar-refractivity contribution is -0.0446. The normalized spacial score (nSPS) is 10.6. The highest BCUT2D eigenvalue weighted by Crippen LogP contribution is 2.09. The van der Waals surface area contributed by atoms with Gasteiger partial charge in [0.2, 0.25) is 0 Å². The number of benzene rings is 1. The maximum atomic E-state index is 8.61. The van der Waals surface area contributed by atoms with Crippen LogP contribution in [-0.4, -0.2) is 16.5 Å². The van der Waals surface area contributed by atoms with Crippen molar-refractivity contribution in [2.24, 2.45) is 0 Å². The average Bonchev–Trinajstić information content (AvgIpc) is 2.01. The molecule has 0 amide bonds. The zero-order valence-electron chi connectivity index (χ0n) is 6.77. The second-order valence-electron chi connectivity index (χ2n) is 2.76. The quantitative estimate of drug-likeness (QED) is 0.454. The Kier molecular flexibility index (Phi) is 3.08. The van der Waals surface area contributed by atoms with Gasteiger partial charge in [0.1, 0.15) is 0 Å². The first kappa shape index (κ1) is 9.03. The summed E-state index contributed by atoms with van der Waals surface area (Å²) in [6.45, 7) is 0. The van der Waals surface area contributed by atoms with E-state index < -0.39 is 6.29 Å². The molecule has 0 spiro atoms. The van der Waals surface area contributed by atoms with Crippen molar-refractivity contribution in [3.8, 4) is 0 Å². The van der Waals surface area contributed by atoms with E-state index >= 15 is 0 Å². The summed E-state index contributed by atoms with van der Waals surface area (Å²) in [5.74, 6) is 0. The summed E-state index contributed by atoms with van der Waals surface area (Å²) in [7, 11) is 0. The van der Waals surface area contributed by atoms with Gasteiger partial charge in [-0.05, 0) is 24.1 Å². The molecule has 66 valence electrons. The third-order valence-corrected chi connectivity index (χ3v) is 1.64. The summed E-state index contributed by atoms with van der Waals surface area (Å²) in [6, 6.07) is 7.41. The number of aryl methyl sites for hydroxylation is 1. The molecule has 0 aliphatic heterocycles. The smallest absolute Gasteiger partial charge is 0.151 e. The first-order valence-electron chi connectivity index (χ1n) is 3.89. The van der Waals surface area contributed by atoms with Crippen molar-refractivity contribution in [2.45, 2.75) is 19.1 Å². The van der Waals surface area contributed by atoms with Crippen molar-refractivity contribution in [2.75, 3.05) is 5.73 Å². The molecule has 0 aromatic heterocycles. The number of nitrogen functional groups attached to an aromatic ring is 1. The Morgan fingerprint density at radius 1 is 1.33 bits per heavy atom. The van der Waals surface area contributed by atoms with Crippen LogP contribution in [0.4, 0.5) is 5.69 Å². The van der Waals surface area contributed by atoms with Crippen molar-refractivity contribution in [3.63, 3.8) is 0 Å². The molecule has 0 atom stereocenters. The van der Waals surface area contributed by atoms with Gasteiger partial charge in [0, 0.05) is 12.1 Å². The molecular formula is C9H13NO2. The molecule has 0 saturated carbocycles. The van der Waals surface area contributed by atoms with Crippen LogP contribution in [-0.2, 0) is 6.42 Å². The summed E-state index contributed by atoms with van der Waals surface area (Å²) in [4.78, 5) is 0.